The number of epoxide rings is 1. The van der Waals surface area contributed by atoms with Gasteiger partial charge >= 0.3 is 83.6 Å². The van der Waals surface area contributed by atoms with Crippen LogP contribution in [-0.4, -0.2) is 159 Å². The SMILES string of the molecule is C.C.C.C.C.C.C.C.C.C.C.C.C=CC(=O)OCOC(=O)c1ccc(OC(=O)C2CCC(C(=O)Oc3ccc(OC(=O)C4CCC(C(=O)Oc5ccc(C(=O)OCOCC6CO6)cc5)CC4)c4nc(-c5ccc([N+](=O)[O-])cc5)sc34)CC2)cc1C(=O)OCOC(=O)C=C.C=CC(=O)OCOc1ccc(C(=O)Oc2ccc(OC(=O)c3ccc(OCOC(=O)C=C)c(OCOC(=O)C=C)c3)c3nc(-c4ccc(C#N)cc4)sc23)cc1. The molecule has 149 heavy (non-hydrogen) atoms. The van der Waals surface area contributed by atoms with Gasteiger partial charge in [0.15, 0.2) is 41.3 Å². The van der Waals surface area contributed by atoms with E-state index in [1.54, 1.807) is 24.3 Å². The fourth-order valence-electron chi connectivity index (χ4n) is 13.0. The monoisotopic (exact) mass is 2100 g/mol. The molecule has 0 spiro atoms. The number of non-ortho nitro benzene ring substituents is 1. The zero-order chi connectivity index (χ0) is 97.6. The highest BCUT2D eigenvalue weighted by molar-refractivity contribution is 7.22. The van der Waals surface area contributed by atoms with Crippen LogP contribution >= 0.6 is 22.7 Å². The molecule has 0 N–H and O–H groups in total. The van der Waals surface area contributed by atoms with E-state index >= 15 is 0 Å². The number of nitro groups is 1. The molecule has 2 saturated carbocycles. The number of fused-ring (bicyclic) bond motifs is 2. The minimum Gasteiger partial charge on any atom is -0.457 e. The van der Waals surface area contributed by atoms with Crippen molar-refractivity contribution < 1.29 is 162 Å². The largest absolute Gasteiger partial charge is 0.457 e. The fraction of sp³-hybridized carbons (Fsp3) is 0.306. The van der Waals surface area contributed by atoms with Crippen LogP contribution in [0.15, 0.2) is 221 Å². The van der Waals surface area contributed by atoms with Crippen LogP contribution < -0.4 is 42.6 Å². The van der Waals surface area contributed by atoms with Gasteiger partial charge in [0.1, 0.15) is 53.8 Å². The third-order valence-corrected chi connectivity index (χ3v) is 22.5. The maximum atomic E-state index is 13.8. The van der Waals surface area contributed by atoms with E-state index in [4.69, 9.17) is 90.5 Å². The molecule has 8 aromatic carbocycles. The van der Waals surface area contributed by atoms with Crippen LogP contribution in [0.4, 0.5) is 5.69 Å². The third-order valence-electron chi connectivity index (χ3n) is 20.2. The van der Waals surface area contributed by atoms with Gasteiger partial charge in [0.2, 0.25) is 34.0 Å². The van der Waals surface area contributed by atoms with Crippen LogP contribution in [0.1, 0.15) is 198 Å². The first-order valence-electron chi connectivity index (χ1n) is 41.2. The number of rotatable bonds is 40. The van der Waals surface area contributed by atoms with Gasteiger partial charge in [0.25, 0.3) is 5.69 Å². The first-order valence-corrected chi connectivity index (χ1v) is 42.8. The second-order valence-corrected chi connectivity index (χ2v) is 31.1. The Kier molecular flexibility index (Phi) is 56.7. The molecule has 3 fully saturated rings. The summed E-state index contributed by atoms with van der Waals surface area (Å²) in [6.45, 7) is 14.0. The maximum absolute atomic E-state index is 13.8. The van der Waals surface area contributed by atoms with Crippen molar-refractivity contribution in [3.05, 3.63) is 264 Å². The number of esters is 14. The van der Waals surface area contributed by atoms with Crippen molar-refractivity contribution in [3.8, 4) is 79.0 Å². The summed E-state index contributed by atoms with van der Waals surface area (Å²) in [5.41, 5.74) is 1.35. The normalized spacial score (nSPS) is 13.7. The lowest BCUT2D eigenvalue weighted by molar-refractivity contribution is -0.384. The van der Waals surface area contributed by atoms with E-state index in [1.807, 2.05) is 0 Å². The average molecular weight is 2100 g/mol. The molecule has 3 aliphatic rings. The lowest BCUT2D eigenvalue weighted by Crippen LogP contribution is -2.30. The molecule has 41 heteroatoms. The highest BCUT2D eigenvalue weighted by Crippen LogP contribution is 2.45. The highest BCUT2D eigenvalue weighted by atomic mass is 32.1. The van der Waals surface area contributed by atoms with Gasteiger partial charge in [-0.2, -0.15) is 5.26 Å². The molecule has 2 aromatic heterocycles. The molecular weight excluding hydrogens is 1980 g/mol. The van der Waals surface area contributed by atoms with Gasteiger partial charge in [-0.15, -0.1) is 22.7 Å². The Bertz CT molecular complexity index is 6360. The van der Waals surface area contributed by atoms with E-state index in [0.29, 0.717) is 80.8 Å². The zero-order valence-corrected chi connectivity index (χ0v) is 73.7. The summed E-state index contributed by atoms with van der Waals surface area (Å²) < 4.78 is 101. The Morgan fingerprint density at radius 1 is 0.362 bits per heavy atom. The summed E-state index contributed by atoms with van der Waals surface area (Å²) in [5.74, 6) is -12.6. The number of nitro benzene ring substituents is 1. The van der Waals surface area contributed by atoms with Gasteiger partial charge < -0.3 is 90.0 Å². The van der Waals surface area contributed by atoms with Crippen LogP contribution in [0.2, 0.25) is 0 Å². The molecule has 1 aliphatic heterocycles. The summed E-state index contributed by atoms with van der Waals surface area (Å²) in [6, 6.07) is 39.2. The topological polar surface area (TPSA) is 510 Å². The quantitative estimate of drug-likeness (QED) is 0.00396. The molecule has 1 unspecified atom stereocenters. The molecule has 0 amide bonds. The number of aromatic nitrogens is 2. The maximum Gasteiger partial charge on any atom is 0.343 e. The molecule has 800 valence electrons. The van der Waals surface area contributed by atoms with Crippen molar-refractivity contribution in [2.75, 3.05) is 54.0 Å². The van der Waals surface area contributed by atoms with E-state index in [-0.39, 0.29) is 219 Å². The number of nitriles is 1. The molecule has 1 saturated heterocycles. The molecule has 39 nitrogen and oxygen atoms in total. The van der Waals surface area contributed by atoms with Gasteiger partial charge in [0, 0.05) is 53.6 Å². The Morgan fingerprint density at radius 2 is 0.711 bits per heavy atom. The summed E-state index contributed by atoms with van der Waals surface area (Å²) in [7, 11) is 0. The molecule has 13 rings (SSSR count). The molecule has 2 aliphatic carbocycles. The van der Waals surface area contributed by atoms with Crippen LogP contribution in [0.3, 0.4) is 0 Å². The van der Waals surface area contributed by atoms with Gasteiger partial charge in [0.05, 0.1) is 81.3 Å². The first kappa shape index (κ1) is 132. The molecule has 3 heterocycles. The second-order valence-electron chi connectivity index (χ2n) is 29.1. The van der Waals surface area contributed by atoms with E-state index in [0.717, 1.165) is 65.2 Å². The number of hydrogen-bond donors (Lipinski definition) is 0. The first-order chi connectivity index (χ1) is 66.2. The Hall–Kier alpha value is -17.0. The smallest absolute Gasteiger partial charge is 0.343 e. The van der Waals surface area contributed by atoms with Crippen LogP contribution in [0.5, 0.6) is 51.7 Å². The number of nitrogens with zero attached hydrogens (tertiary/aromatic N) is 4. The van der Waals surface area contributed by atoms with E-state index in [2.05, 4.69) is 48.4 Å². The average Bonchev–Trinajstić information content (AvgIpc) is 1.63. The van der Waals surface area contributed by atoms with Gasteiger partial charge in [-0.1, -0.05) is 134 Å². The Morgan fingerprint density at radius 3 is 1.16 bits per heavy atom. The Labute approximate surface area is 872 Å². The minimum absolute atomic E-state index is 0. The number of benzene rings is 8. The number of hydrogen-bond acceptors (Lipinski definition) is 40. The lowest BCUT2D eigenvalue weighted by Gasteiger charge is -2.26. The van der Waals surface area contributed by atoms with E-state index < -0.39 is 145 Å². The van der Waals surface area contributed by atoms with Crippen molar-refractivity contribution >= 4 is 132 Å². The van der Waals surface area contributed by atoms with E-state index in [9.17, 15) is 82.5 Å². The summed E-state index contributed by atoms with van der Waals surface area (Å²) in [4.78, 5) is 197. The van der Waals surface area contributed by atoms with Crippen molar-refractivity contribution in [1.82, 2.24) is 9.97 Å². The number of carbonyl (C=O) groups is 14. The predicted molar refractivity (Wildman–Crippen MR) is 556 cm³/mol. The molecular formula is C108H126N4O35S2. The third kappa shape index (κ3) is 36.9. The predicted octanol–water partition coefficient (Wildman–Crippen LogP) is 21.8. The zero-order valence-electron chi connectivity index (χ0n) is 72.0. The van der Waals surface area contributed by atoms with Crippen molar-refractivity contribution in [1.29, 1.82) is 5.26 Å². The standard InChI is InChI=1S/C56H50N2O22S.C40H28N2O13S.12CH4/c1-3-45(59)72-29-75-55(66)41-22-21-39(25-42(41)56(67)76-30-73-46(60)4-2)78-52(63)34-7-11-36(12-8-34)54(65)80-44-24-23-43(47-48(44)81-49(57-47)31-13-17-37(18-14-31)58(68)69)79-53(64)35-9-5-33(6-10-35)51(62)77-38-19-15-32(16-20-38)50(61)74-28-70-26-40-27-71-40;1-4-33(43)51-21-48-28-14-11-26(12-15-28)39(46)55-31-18-17-30(36-37(31)56-38(42-36)25-9-7-24(20-41)8-10-25)54-40(47)27-13-16-29(49-22-52-34(44)5-2)32(19-27)50-23-53-35(45)6-3;;;;;;;;;;;;/h3-4,13-25,33-36,40H,1-2,5-12,26-30H2;4-19H,1-3,21-23H2;12*1H4. The van der Waals surface area contributed by atoms with Crippen molar-refractivity contribution in [3.63, 3.8) is 0 Å². The van der Waals surface area contributed by atoms with Gasteiger partial charge in [-0.3, -0.25) is 29.3 Å². The number of ether oxygens (including phenoxy) is 19. The second kappa shape index (κ2) is 64.0. The molecule has 10 aromatic rings. The lowest BCUT2D eigenvalue weighted by atomic mass is 9.82. The van der Waals surface area contributed by atoms with Gasteiger partial charge in [-0.25, -0.2) is 57.9 Å². The highest BCUT2D eigenvalue weighted by Gasteiger charge is 2.37. The molecule has 1 atom stereocenters. The minimum atomic E-state index is -1.17. The fourth-order valence-corrected chi connectivity index (χ4v) is 15.1. The van der Waals surface area contributed by atoms with Crippen molar-refractivity contribution in [2.24, 2.45) is 23.7 Å². The molecule has 0 bridgehead atoms. The summed E-state index contributed by atoms with van der Waals surface area (Å²) >= 11 is 2.25. The number of thiazole rings is 2. The van der Waals surface area contributed by atoms with Gasteiger partial charge in [-0.05, 0) is 185 Å². The van der Waals surface area contributed by atoms with Crippen LogP contribution in [-0.2, 0) is 90.5 Å². The summed E-state index contributed by atoms with van der Waals surface area (Å²) in [6.07, 6.45) is 6.64. The molecule has 0 radical (unpaired) electrons. The number of carbonyl (C=O) groups excluding carboxylic acids is 14. The summed E-state index contributed by atoms with van der Waals surface area (Å²) in [5, 5.41) is 21.5. The van der Waals surface area contributed by atoms with E-state index in [1.165, 1.54) is 121 Å². The van der Waals surface area contributed by atoms with Crippen LogP contribution in [0, 0.1) is 45.1 Å². The Balaban J connectivity index is 0.00000287. The van der Waals surface area contributed by atoms with Crippen LogP contribution in [0.25, 0.3) is 41.6 Å². The van der Waals surface area contributed by atoms with Crippen molar-refractivity contribution in [2.45, 2.75) is 147 Å².